The van der Waals surface area contributed by atoms with Gasteiger partial charge < -0.3 is 20.9 Å². The normalized spacial score (nSPS) is 12.5. The Bertz CT molecular complexity index is 694. The number of aromatic nitrogens is 4. The van der Waals surface area contributed by atoms with Crippen molar-refractivity contribution in [1.29, 1.82) is 0 Å². The van der Waals surface area contributed by atoms with Gasteiger partial charge in [-0.15, -0.1) is 0 Å². The number of hydrogen-bond donors (Lipinski definition) is 3. The molecule has 114 valence electrons. The molecule has 1 unspecified atom stereocenters. The highest BCUT2D eigenvalue weighted by atomic mass is 16.6. The van der Waals surface area contributed by atoms with E-state index < -0.39 is 17.8 Å². The van der Waals surface area contributed by atoms with Gasteiger partial charge in [0.05, 0.1) is 12.9 Å². The van der Waals surface area contributed by atoms with E-state index in [1.54, 1.807) is 0 Å². The molecular formula is C11H16N6O4. The minimum absolute atomic E-state index is 0.0232. The molecule has 0 aliphatic carbocycles. The van der Waals surface area contributed by atoms with Crippen molar-refractivity contribution < 1.29 is 14.3 Å². The third-order valence-corrected chi connectivity index (χ3v) is 2.66. The van der Waals surface area contributed by atoms with Crippen LogP contribution in [0.1, 0.15) is 13.2 Å². The third kappa shape index (κ3) is 3.35. The molecule has 2 aromatic heterocycles. The van der Waals surface area contributed by atoms with Crippen LogP contribution in [-0.2, 0) is 14.3 Å². The number of nitrogens with zero attached hydrogens (tertiary/aromatic N) is 3. The first-order chi connectivity index (χ1) is 10.0. The first-order valence-corrected chi connectivity index (χ1v) is 6.20. The van der Waals surface area contributed by atoms with Gasteiger partial charge in [0.25, 0.3) is 5.56 Å². The van der Waals surface area contributed by atoms with Crippen molar-refractivity contribution in [2.75, 3.05) is 25.5 Å². The van der Waals surface area contributed by atoms with E-state index in [4.69, 9.17) is 20.9 Å². The summed E-state index contributed by atoms with van der Waals surface area (Å²) in [4.78, 5) is 32.7. The molecule has 0 fully saturated rings. The Kier molecular flexibility index (Phi) is 4.50. The smallest absolute Gasteiger partial charge is 0.302 e. The number of nitrogens with two attached hydrogens (primary N) is 2. The van der Waals surface area contributed by atoms with Gasteiger partial charge in [0.2, 0.25) is 5.95 Å². The second-order valence-corrected chi connectivity index (χ2v) is 4.18. The van der Waals surface area contributed by atoms with Crippen LogP contribution in [0.15, 0.2) is 11.1 Å². The summed E-state index contributed by atoms with van der Waals surface area (Å²) >= 11 is 0. The molecule has 10 heteroatoms. The van der Waals surface area contributed by atoms with Crippen molar-refractivity contribution in [3.63, 3.8) is 0 Å². The zero-order valence-electron chi connectivity index (χ0n) is 11.4. The third-order valence-electron chi connectivity index (χ3n) is 2.66. The maximum Gasteiger partial charge on any atom is 0.302 e. The summed E-state index contributed by atoms with van der Waals surface area (Å²) in [6, 6.07) is 0. The van der Waals surface area contributed by atoms with Gasteiger partial charge >= 0.3 is 5.97 Å². The van der Waals surface area contributed by atoms with E-state index in [-0.39, 0.29) is 36.9 Å². The largest absolute Gasteiger partial charge is 0.463 e. The molecule has 0 spiro atoms. The van der Waals surface area contributed by atoms with Crippen LogP contribution in [0.4, 0.5) is 5.95 Å². The number of anilines is 1. The Morgan fingerprint density at radius 2 is 2.29 bits per heavy atom. The van der Waals surface area contributed by atoms with E-state index >= 15 is 0 Å². The van der Waals surface area contributed by atoms with E-state index in [2.05, 4.69) is 15.0 Å². The van der Waals surface area contributed by atoms with Gasteiger partial charge in [0.15, 0.2) is 11.2 Å². The van der Waals surface area contributed by atoms with E-state index in [0.717, 1.165) is 0 Å². The highest BCUT2D eigenvalue weighted by Crippen LogP contribution is 2.14. The number of H-pyrrole nitrogens is 1. The number of imidazole rings is 1. The number of carbonyl (C=O) groups is 1. The van der Waals surface area contributed by atoms with Crippen LogP contribution in [0.5, 0.6) is 0 Å². The summed E-state index contributed by atoms with van der Waals surface area (Å²) in [6.07, 6.45) is 0.801. The predicted molar refractivity (Wildman–Crippen MR) is 73.2 cm³/mol. The fourth-order valence-electron chi connectivity index (χ4n) is 1.79. The first kappa shape index (κ1) is 14.9. The minimum Gasteiger partial charge on any atom is -0.463 e. The molecule has 0 bridgehead atoms. The molecule has 2 rings (SSSR count). The predicted octanol–water partition coefficient (Wildman–Crippen LogP) is -1.26. The number of hydrogen-bond acceptors (Lipinski definition) is 8. The number of carbonyl (C=O) groups excluding carboxylic acids is 1. The average molecular weight is 296 g/mol. The molecule has 21 heavy (non-hydrogen) atoms. The van der Waals surface area contributed by atoms with Gasteiger partial charge in [-0.2, -0.15) is 4.98 Å². The molecule has 0 amide bonds. The number of aromatic amines is 1. The lowest BCUT2D eigenvalue weighted by Crippen LogP contribution is -2.24. The molecule has 0 aromatic carbocycles. The van der Waals surface area contributed by atoms with Gasteiger partial charge in [-0.25, -0.2) is 4.98 Å². The topological polar surface area (TPSA) is 151 Å². The van der Waals surface area contributed by atoms with Crippen LogP contribution in [-0.4, -0.2) is 45.2 Å². The summed E-state index contributed by atoms with van der Waals surface area (Å²) in [7, 11) is 0. The number of rotatable bonds is 6. The summed E-state index contributed by atoms with van der Waals surface area (Å²) in [5.74, 6) is -0.415. The standard InChI is InChI=1S/C11H16N6O4/c1-6(18)20-2-3-21-7(4-12)17-5-14-8-9(17)15-11(13)16-10(8)19/h5,7H,2-4,12H2,1H3,(H3,13,15,16,19). The van der Waals surface area contributed by atoms with Gasteiger partial charge in [-0.1, -0.05) is 0 Å². The summed E-state index contributed by atoms with van der Waals surface area (Å²) < 4.78 is 11.8. The maximum absolute atomic E-state index is 11.7. The molecule has 1 atom stereocenters. The molecule has 2 heterocycles. The van der Waals surface area contributed by atoms with E-state index in [9.17, 15) is 9.59 Å². The lowest BCUT2D eigenvalue weighted by atomic mass is 10.5. The fourth-order valence-corrected chi connectivity index (χ4v) is 1.79. The number of esters is 1. The number of nitrogens with one attached hydrogen (secondary N) is 1. The summed E-state index contributed by atoms with van der Waals surface area (Å²) in [5, 5.41) is 0. The lowest BCUT2D eigenvalue weighted by Gasteiger charge is -2.17. The molecule has 10 nitrogen and oxygen atoms in total. The van der Waals surface area contributed by atoms with Crippen molar-refractivity contribution in [3.05, 3.63) is 16.7 Å². The van der Waals surface area contributed by atoms with Crippen molar-refractivity contribution in [3.8, 4) is 0 Å². The number of nitrogen functional groups attached to an aromatic ring is 1. The van der Waals surface area contributed by atoms with Gasteiger partial charge in [0.1, 0.15) is 12.8 Å². The maximum atomic E-state index is 11.7. The Morgan fingerprint density at radius 3 is 2.95 bits per heavy atom. The second kappa shape index (κ2) is 6.33. The van der Waals surface area contributed by atoms with E-state index in [0.29, 0.717) is 0 Å². The number of ether oxygens (including phenoxy) is 2. The Balaban J connectivity index is 2.18. The highest BCUT2D eigenvalue weighted by Gasteiger charge is 2.16. The highest BCUT2D eigenvalue weighted by molar-refractivity contribution is 5.70. The molecule has 2 aromatic rings. The minimum atomic E-state index is -0.598. The van der Waals surface area contributed by atoms with E-state index in [1.165, 1.54) is 17.8 Å². The first-order valence-electron chi connectivity index (χ1n) is 6.20. The summed E-state index contributed by atoms with van der Waals surface area (Å²) in [6.45, 7) is 1.69. The Labute approximate surface area is 119 Å². The molecular weight excluding hydrogens is 280 g/mol. The second-order valence-electron chi connectivity index (χ2n) is 4.18. The van der Waals surface area contributed by atoms with Crippen LogP contribution >= 0.6 is 0 Å². The Morgan fingerprint density at radius 1 is 1.52 bits per heavy atom. The molecule has 0 radical (unpaired) electrons. The van der Waals surface area contributed by atoms with Crippen molar-refractivity contribution in [2.45, 2.75) is 13.2 Å². The van der Waals surface area contributed by atoms with Gasteiger partial charge in [-0.05, 0) is 0 Å². The molecule has 0 saturated carbocycles. The van der Waals surface area contributed by atoms with Gasteiger partial charge in [0, 0.05) is 13.5 Å². The molecule has 0 saturated heterocycles. The molecule has 0 aliphatic rings. The average Bonchev–Trinajstić information content (AvgIpc) is 2.82. The monoisotopic (exact) mass is 296 g/mol. The van der Waals surface area contributed by atoms with Crippen LogP contribution in [0.2, 0.25) is 0 Å². The van der Waals surface area contributed by atoms with Crippen LogP contribution in [0.3, 0.4) is 0 Å². The fraction of sp³-hybridized carbons (Fsp3) is 0.455. The zero-order chi connectivity index (χ0) is 15.4. The quantitative estimate of drug-likeness (QED) is 0.441. The summed E-state index contributed by atoms with van der Waals surface area (Å²) in [5.41, 5.74) is 11.1. The van der Waals surface area contributed by atoms with Crippen LogP contribution in [0.25, 0.3) is 11.2 Å². The van der Waals surface area contributed by atoms with Crippen LogP contribution in [0, 0.1) is 0 Å². The van der Waals surface area contributed by atoms with Gasteiger partial charge in [-0.3, -0.25) is 19.1 Å². The van der Waals surface area contributed by atoms with Crippen molar-refractivity contribution in [2.24, 2.45) is 5.73 Å². The van der Waals surface area contributed by atoms with Crippen molar-refractivity contribution >= 4 is 23.1 Å². The molecule has 0 aliphatic heterocycles. The van der Waals surface area contributed by atoms with E-state index in [1.807, 2.05) is 0 Å². The van der Waals surface area contributed by atoms with Crippen LogP contribution < -0.4 is 17.0 Å². The lowest BCUT2D eigenvalue weighted by molar-refractivity contribution is -0.143. The SMILES string of the molecule is CC(=O)OCCOC(CN)n1cnc2c(=O)[nH]c(N)nc21. The molecule has 5 N–H and O–H groups in total. The number of fused-ring (bicyclic) bond motifs is 1. The zero-order valence-corrected chi connectivity index (χ0v) is 11.4. The Hall–Kier alpha value is -2.46. The van der Waals surface area contributed by atoms with Crippen molar-refractivity contribution in [1.82, 2.24) is 19.5 Å².